The van der Waals surface area contributed by atoms with Gasteiger partial charge in [0.1, 0.15) is 5.82 Å². The van der Waals surface area contributed by atoms with Crippen molar-refractivity contribution in [1.29, 1.82) is 0 Å². The van der Waals surface area contributed by atoms with Gasteiger partial charge in [0, 0.05) is 11.6 Å². The third-order valence-corrected chi connectivity index (χ3v) is 2.59. The van der Waals surface area contributed by atoms with Crippen LogP contribution in [0.1, 0.15) is 11.6 Å². The normalized spacial score (nSPS) is 20.8. The minimum atomic E-state index is -0.310. The Morgan fingerprint density at radius 2 is 2.27 bits per heavy atom. The summed E-state index contributed by atoms with van der Waals surface area (Å²) in [5, 5.41) is 3.72. The molecule has 1 aromatic rings. The first-order valence-corrected chi connectivity index (χ1v) is 4.91. The Morgan fingerprint density at radius 1 is 1.47 bits per heavy atom. The quantitative estimate of drug-likeness (QED) is 0.829. The van der Waals surface area contributed by atoms with E-state index in [-0.39, 0.29) is 24.3 Å². The van der Waals surface area contributed by atoms with Crippen LogP contribution in [0.3, 0.4) is 0 Å². The van der Waals surface area contributed by atoms with Crippen molar-refractivity contribution in [1.82, 2.24) is 5.32 Å². The highest BCUT2D eigenvalue weighted by Crippen LogP contribution is 2.25. The van der Waals surface area contributed by atoms with Gasteiger partial charge >= 0.3 is 0 Å². The molecule has 1 atom stereocenters. The highest BCUT2D eigenvalue weighted by atomic mass is 35.5. The van der Waals surface area contributed by atoms with Crippen molar-refractivity contribution in [2.75, 3.05) is 19.8 Å². The van der Waals surface area contributed by atoms with Crippen molar-refractivity contribution >= 4 is 24.0 Å². The fourth-order valence-electron chi connectivity index (χ4n) is 1.55. The molecule has 1 aromatic carbocycles. The molecule has 0 aliphatic carbocycles. The zero-order chi connectivity index (χ0) is 9.97. The number of halogens is 3. The third kappa shape index (κ3) is 3.05. The number of nitrogens with one attached hydrogen (secondary N) is 1. The van der Waals surface area contributed by atoms with E-state index in [1.165, 1.54) is 12.1 Å². The van der Waals surface area contributed by atoms with Gasteiger partial charge < -0.3 is 10.1 Å². The van der Waals surface area contributed by atoms with Gasteiger partial charge in [-0.15, -0.1) is 12.4 Å². The number of morpholine rings is 1. The van der Waals surface area contributed by atoms with E-state index in [9.17, 15) is 4.39 Å². The average Bonchev–Trinajstić information content (AvgIpc) is 2.19. The van der Waals surface area contributed by atoms with E-state index < -0.39 is 0 Å². The Kier molecular flexibility index (Phi) is 4.80. The molecule has 5 heteroatoms. The predicted molar refractivity (Wildman–Crippen MR) is 60.2 cm³/mol. The van der Waals surface area contributed by atoms with Gasteiger partial charge in [-0.05, 0) is 17.7 Å². The lowest BCUT2D eigenvalue weighted by atomic mass is 10.1. The van der Waals surface area contributed by atoms with Crippen LogP contribution in [0.2, 0.25) is 5.02 Å². The molecule has 0 saturated carbocycles. The smallest absolute Gasteiger partial charge is 0.124 e. The van der Waals surface area contributed by atoms with Gasteiger partial charge in [-0.1, -0.05) is 17.7 Å². The van der Waals surface area contributed by atoms with E-state index in [1.807, 2.05) is 0 Å². The largest absolute Gasteiger partial charge is 0.378 e. The minimum absolute atomic E-state index is 0. The second kappa shape index (κ2) is 5.66. The van der Waals surface area contributed by atoms with Gasteiger partial charge in [0.15, 0.2) is 0 Å². The maximum atomic E-state index is 12.8. The number of ether oxygens (including phenoxy) is 1. The van der Waals surface area contributed by atoms with Crippen LogP contribution in [0.5, 0.6) is 0 Å². The van der Waals surface area contributed by atoms with Crippen molar-refractivity contribution in [3.05, 3.63) is 34.6 Å². The van der Waals surface area contributed by atoms with Crippen molar-refractivity contribution < 1.29 is 9.13 Å². The zero-order valence-corrected chi connectivity index (χ0v) is 9.58. The molecule has 2 rings (SSSR count). The highest BCUT2D eigenvalue weighted by molar-refractivity contribution is 6.31. The van der Waals surface area contributed by atoms with Gasteiger partial charge in [0.25, 0.3) is 0 Å². The summed E-state index contributed by atoms with van der Waals surface area (Å²) in [7, 11) is 0. The van der Waals surface area contributed by atoms with Crippen LogP contribution in [0.25, 0.3) is 0 Å². The second-order valence-electron chi connectivity index (χ2n) is 3.25. The van der Waals surface area contributed by atoms with Crippen molar-refractivity contribution in [3.8, 4) is 0 Å². The van der Waals surface area contributed by atoms with Crippen molar-refractivity contribution in [2.24, 2.45) is 0 Å². The molecule has 1 aliphatic heterocycles. The summed E-state index contributed by atoms with van der Waals surface area (Å²) in [4.78, 5) is 0. The molecule has 1 aliphatic rings. The molecule has 1 heterocycles. The van der Waals surface area contributed by atoms with E-state index in [4.69, 9.17) is 16.3 Å². The number of hydrogen-bond donors (Lipinski definition) is 1. The van der Waals surface area contributed by atoms with Crippen LogP contribution in [-0.4, -0.2) is 19.8 Å². The summed E-state index contributed by atoms with van der Waals surface area (Å²) in [6.45, 7) is 2.11. The molecule has 15 heavy (non-hydrogen) atoms. The molecule has 1 N–H and O–H groups in total. The van der Waals surface area contributed by atoms with Gasteiger partial charge in [0.2, 0.25) is 0 Å². The molecule has 1 fully saturated rings. The first-order valence-electron chi connectivity index (χ1n) is 4.53. The van der Waals surface area contributed by atoms with Gasteiger partial charge in [-0.25, -0.2) is 4.39 Å². The fraction of sp³-hybridized carbons (Fsp3) is 0.400. The van der Waals surface area contributed by atoms with E-state index >= 15 is 0 Å². The standard InChI is InChI=1S/C10H11ClFNO.ClH/c11-9-5-7(12)1-2-8(9)10-6-14-4-3-13-10;/h1-2,5,10,13H,3-4,6H2;1H/t10-;/m0./s1. The van der Waals surface area contributed by atoms with Crippen molar-refractivity contribution in [2.45, 2.75) is 6.04 Å². The van der Waals surface area contributed by atoms with Crippen LogP contribution in [-0.2, 0) is 4.74 Å². The fourth-order valence-corrected chi connectivity index (χ4v) is 1.85. The van der Waals surface area contributed by atoms with E-state index in [0.717, 1.165) is 18.7 Å². The molecule has 0 radical (unpaired) electrons. The van der Waals surface area contributed by atoms with Crippen LogP contribution >= 0.6 is 24.0 Å². The minimum Gasteiger partial charge on any atom is -0.378 e. The lowest BCUT2D eigenvalue weighted by molar-refractivity contribution is 0.0769. The Balaban J connectivity index is 0.00000112. The summed E-state index contributed by atoms with van der Waals surface area (Å²) in [6.07, 6.45) is 0. The van der Waals surface area contributed by atoms with Gasteiger partial charge in [-0.3, -0.25) is 0 Å². The van der Waals surface area contributed by atoms with E-state index in [2.05, 4.69) is 5.32 Å². The SMILES string of the molecule is Cl.Fc1ccc([C@@H]2COCCN2)c(Cl)c1. The molecule has 0 amide bonds. The highest BCUT2D eigenvalue weighted by Gasteiger charge is 2.17. The molecular weight excluding hydrogens is 240 g/mol. The first kappa shape index (κ1) is 12.7. The lowest BCUT2D eigenvalue weighted by Gasteiger charge is -2.24. The summed E-state index contributed by atoms with van der Waals surface area (Å²) in [6, 6.07) is 4.52. The van der Waals surface area contributed by atoms with Crippen molar-refractivity contribution in [3.63, 3.8) is 0 Å². The molecule has 0 aromatic heterocycles. The Labute approximate surface area is 99.2 Å². The van der Waals surface area contributed by atoms with Crippen LogP contribution in [0.15, 0.2) is 18.2 Å². The summed E-state index contributed by atoms with van der Waals surface area (Å²) >= 11 is 5.93. The first-order chi connectivity index (χ1) is 6.77. The van der Waals surface area contributed by atoms with Gasteiger partial charge in [0.05, 0.1) is 19.3 Å². The average molecular weight is 252 g/mol. The molecule has 0 unspecified atom stereocenters. The summed E-state index contributed by atoms with van der Waals surface area (Å²) in [5.74, 6) is -0.310. The predicted octanol–water partition coefficient (Wildman–Crippen LogP) is 2.56. The summed E-state index contributed by atoms with van der Waals surface area (Å²) < 4.78 is 18.1. The van der Waals surface area contributed by atoms with E-state index in [1.54, 1.807) is 6.07 Å². The maximum absolute atomic E-state index is 12.8. The number of rotatable bonds is 1. The molecular formula is C10H12Cl2FNO. The van der Waals surface area contributed by atoms with Crippen LogP contribution < -0.4 is 5.32 Å². The third-order valence-electron chi connectivity index (χ3n) is 2.26. The molecule has 0 bridgehead atoms. The molecule has 1 saturated heterocycles. The lowest BCUT2D eigenvalue weighted by Crippen LogP contribution is -2.34. The Morgan fingerprint density at radius 3 is 2.87 bits per heavy atom. The van der Waals surface area contributed by atoms with E-state index in [0.29, 0.717) is 11.6 Å². The number of benzene rings is 1. The molecule has 2 nitrogen and oxygen atoms in total. The Bertz CT molecular complexity index is 329. The monoisotopic (exact) mass is 251 g/mol. The van der Waals surface area contributed by atoms with Crippen LogP contribution in [0.4, 0.5) is 4.39 Å². The topological polar surface area (TPSA) is 21.3 Å². The number of hydrogen-bond acceptors (Lipinski definition) is 2. The summed E-state index contributed by atoms with van der Waals surface area (Å²) in [5.41, 5.74) is 0.896. The Hall–Kier alpha value is -0.350. The second-order valence-corrected chi connectivity index (χ2v) is 3.65. The maximum Gasteiger partial charge on any atom is 0.124 e. The molecule has 0 spiro atoms. The van der Waals surface area contributed by atoms with Gasteiger partial charge in [-0.2, -0.15) is 0 Å². The zero-order valence-electron chi connectivity index (χ0n) is 8.00. The van der Waals surface area contributed by atoms with Crippen LogP contribution in [0, 0.1) is 5.82 Å². The molecule has 84 valence electrons.